The van der Waals surface area contributed by atoms with Crippen LogP contribution in [0.4, 0.5) is 0 Å². The molecule has 0 saturated carbocycles. The fraction of sp³-hybridized carbons (Fsp3) is 0.231. The number of hydrogen-bond acceptors (Lipinski definition) is 4. The predicted octanol–water partition coefficient (Wildman–Crippen LogP) is 1.88. The molecule has 1 aromatic rings. The summed E-state index contributed by atoms with van der Waals surface area (Å²) in [6.07, 6.45) is 6.68. The summed E-state index contributed by atoms with van der Waals surface area (Å²) in [7, 11) is -3.67. The maximum Gasteiger partial charge on any atom is 0.261 e. The molecule has 0 aliphatic carbocycles. The van der Waals surface area contributed by atoms with Gasteiger partial charge in [-0.05, 0) is 11.8 Å². The number of benzene rings is 1. The molecule has 0 saturated heterocycles. The molecule has 0 bridgehead atoms. The second-order valence-corrected chi connectivity index (χ2v) is 5.57. The van der Waals surface area contributed by atoms with Gasteiger partial charge in [-0.25, -0.2) is 0 Å². The van der Waals surface area contributed by atoms with E-state index in [9.17, 15) is 8.42 Å². The van der Waals surface area contributed by atoms with Gasteiger partial charge in [0.1, 0.15) is 0 Å². The fourth-order valence-corrected chi connectivity index (χ4v) is 1.52. The van der Waals surface area contributed by atoms with Crippen LogP contribution in [0, 0.1) is 0 Å². The Morgan fingerprint density at radius 1 is 1.32 bits per heavy atom. The van der Waals surface area contributed by atoms with Crippen molar-refractivity contribution < 1.29 is 13.0 Å². The molecular formula is C13H18N2O3S. The molecule has 6 heteroatoms. The van der Waals surface area contributed by atoms with E-state index < -0.39 is 10.1 Å². The SMILES string of the molecule is C=CN1C=CN(Cc2ccccc2)C1.CS(=O)(=O)O. The highest BCUT2D eigenvalue weighted by Crippen LogP contribution is 2.11. The third kappa shape index (κ3) is 7.28. The van der Waals surface area contributed by atoms with E-state index in [-0.39, 0.29) is 0 Å². The van der Waals surface area contributed by atoms with Gasteiger partial charge in [-0.3, -0.25) is 4.55 Å². The molecule has 19 heavy (non-hydrogen) atoms. The van der Waals surface area contributed by atoms with Crippen molar-refractivity contribution in [2.24, 2.45) is 0 Å². The highest BCUT2D eigenvalue weighted by Gasteiger charge is 2.08. The van der Waals surface area contributed by atoms with Gasteiger partial charge in [-0.15, -0.1) is 0 Å². The van der Waals surface area contributed by atoms with E-state index in [2.05, 4.69) is 46.8 Å². The quantitative estimate of drug-likeness (QED) is 0.858. The predicted molar refractivity (Wildman–Crippen MR) is 75.5 cm³/mol. The van der Waals surface area contributed by atoms with Crippen molar-refractivity contribution >= 4 is 10.1 Å². The highest BCUT2D eigenvalue weighted by atomic mass is 32.2. The van der Waals surface area contributed by atoms with Gasteiger partial charge in [0.05, 0.1) is 12.9 Å². The molecule has 1 aliphatic rings. The minimum atomic E-state index is -3.67. The largest absolute Gasteiger partial charge is 0.354 e. The van der Waals surface area contributed by atoms with E-state index in [0.717, 1.165) is 13.2 Å². The van der Waals surface area contributed by atoms with Gasteiger partial charge in [0, 0.05) is 18.9 Å². The van der Waals surface area contributed by atoms with E-state index in [1.165, 1.54) is 5.56 Å². The van der Waals surface area contributed by atoms with Crippen LogP contribution in [0.3, 0.4) is 0 Å². The van der Waals surface area contributed by atoms with E-state index in [0.29, 0.717) is 6.26 Å². The molecule has 0 aromatic heterocycles. The molecule has 2 rings (SSSR count). The first-order valence-electron chi connectivity index (χ1n) is 5.65. The lowest BCUT2D eigenvalue weighted by atomic mass is 10.2. The number of nitrogens with zero attached hydrogens (tertiary/aromatic N) is 2. The van der Waals surface area contributed by atoms with Crippen LogP contribution in [0.1, 0.15) is 5.56 Å². The molecule has 0 unspecified atom stereocenters. The van der Waals surface area contributed by atoms with Crippen LogP contribution >= 0.6 is 0 Å². The summed E-state index contributed by atoms with van der Waals surface area (Å²) < 4.78 is 25.9. The van der Waals surface area contributed by atoms with Crippen molar-refractivity contribution in [1.82, 2.24) is 9.80 Å². The highest BCUT2D eigenvalue weighted by molar-refractivity contribution is 7.85. The number of hydrogen-bond donors (Lipinski definition) is 1. The van der Waals surface area contributed by atoms with Crippen LogP contribution < -0.4 is 0 Å². The van der Waals surface area contributed by atoms with Gasteiger partial charge in [-0.1, -0.05) is 36.9 Å². The van der Waals surface area contributed by atoms with Crippen LogP contribution in [0.5, 0.6) is 0 Å². The molecule has 0 fully saturated rings. The molecular weight excluding hydrogens is 264 g/mol. The van der Waals surface area contributed by atoms with Gasteiger partial charge < -0.3 is 9.80 Å². The third-order valence-electron chi connectivity index (χ3n) is 2.28. The Labute approximate surface area is 114 Å². The van der Waals surface area contributed by atoms with Gasteiger partial charge in [0.25, 0.3) is 10.1 Å². The molecule has 1 aromatic carbocycles. The van der Waals surface area contributed by atoms with Crippen molar-refractivity contribution in [2.45, 2.75) is 6.54 Å². The van der Waals surface area contributed by atoms with Crippen molar-refractivity contribution in [1.29, 1.82) is 0 Å². The maximum atomic E-state index is 9.19. The molecule has 1 N–H and O–H groups in total. The van der Waals surface area contributed by atoms with Crippen LogP contribution in [0.25, 0.3) is 0 Å². The van der Waals surface area contributed by atoms with Crippen LogP contribution in [-0.4, -0.2) is 35.7 Å². The van der Waals surface area contributed by atoms with Crippen molar-refractivity contribution in [3.8, 4) is 0 Å². The molecule has 0 radical (unpaired) electrons. The van der Waals surface area contributed by atoms with Gasteiger partial charge in [0.15, 0.2) is 0 Å². The lowest BCUT2D eigenvalue weighted by Gasteiger charge is -2.18. The first kappa shape index (κ1) is 15.3. The average Bonchev–Trinajstić information content (AvgIpc) is 2.76. The first-order valence-corrected chi connectivity index (χ1v) is 7.50. The summed E-state index contributed by atoms with van der Waals surface area (Å²) in [5.74, 6) is 0. The summed E-state index contributed by atoms with van der Waals surface area (Å²) in [4.78, 5) is 4.31. The molecule has 0 spiro atoms. The maximum absolute atomic E-state index is 9.19. The van der Waals surface area contributed by atoms with E-state index in [1.54, 1.807) is 0 Å². The molecule has 5 nitrogen and oxygen atoms in total. The molecule has 104 valence electrons. The number of rotatable bonds is 3. The lowest BCUT2D eigenvalue weighted by Crippen LogP contribution is -2.21. The Balaban J connectivity index is 0.000000312. The zero-order valence-corrected chi connectivity index (χ0v) is 11.6. The van der Waals surface area contributed by atoms with E-state index >= 15 is 0 Å². The molecule has 1 aliphatic heterocycles. The van der Waals surface area contributed by atoms with Crippen LogP contribution in [-0.2, 0) is 16.7 Å². The van der Waals surface area contributed by atoms with Gasteiger partial charge >= 0.3 is 0 Å². The van der Waals surface area contributed by atoms with E-state index in [4.69, 9.17) is 4.55 Å². The monoisotopic (exact) mass is 282 g/mol. The Bertz CT molecular complexity index is 518. The average molecular weight is 282 g/mol. The fourth-order valence-electron chi connectivity index (χ4n) is 1.52. The molecule has 1 heterocycles. The normalized spacial score (nSPS) is 14.0. The van der Waals surface area contributed by atoms with Gasteiger partial charge in [-0.2, -0.15) is 8.42 Å². The second-order valence-electron chi connectivity index (χ2n) is 4.10. The van der Waals surface area contributed by atoms with Gasteiger partial charge in [0.2, 0.25) is 0 Å². The summed E-state index contributed by atoms with van der Waals surface area (Å²) in [6, 6.07) is 10.5. The summed E-state index contributed by atoms with van der Waals surface area (Å²) >= 11 is 0. The summed E-state index contributed by atoms with van der Waals surface area (Å²) in [5.41, 5.74) is 1.34. The van der Waals surface area contributed by atoms with Crippen LogP contribution in [0.15, 0.2) is 55.5 Å². The van der Waals surface area contributed by atoms with Crippen LogP contribution in [0.2, 0.25) is 0 Å². The Hall–Kier alpha value is -1.79. The Morgan fingerprint density at radius 2 is 1.89 bits per heavy atom. The summed E-state index contributed by atoms with van der Waals surface area (Å²) in [5, 5.41) is 0. The first-order chi connectivity index (χ1) is 8.88. The minimum Gasteiger partial charge on any atom is -0.354 e. The Morgan fingerprint density at radius 3 is 2.37 bits per heavy atom. The van der Waals surface area contributed by atoms with Crippen molar-refractivity contribution in [2.75, 3.05) is 12.9 Å². The zero-order valence-electron chi connectivity index (χ0n) is 10.8. The standard InChI is InChI=1S/C12H14N2.CH4O3S/c1-2-13-8-9-14(11-13)10-12-6-4-3-5-7-12;1-5(2,3)4/h2-9H,1,10-11H2;1H3,(H,2,3,4). The lowest BCUT2D eigenvalue weighted by molar-refractivity contribution is 0.309. The summed E-state index contributed by atoms with van der Waals surface area (Å²) in [6.45, 7) is 5.59. The molecule has 0 atom stereocenters. The van der Waals surface area contributed by atoms with Crippen molar-refractivity contribution in [3.05, 3.63) is 61.1 Å². The second kappa shape index (κ2) is 6.96. The topological polar surface area (TPSA) is 60.9 Å². The zero-order chi connectivity index (χ0) is 14.3. The molecule has 0 amide bonds. The third-order valence-corrected chi connectivity index (χ3v) is 2.28. The van der Waals surface area contributed by atoms with Crippen molar-refractivity contribution in [3.63, 3.8) is 0 Å². The Kier molecular flexibility index (Phi) is 5.59. The van der Waals surface area contributed by atoms with E-state index in [1.807, 2.05) is 18.5 Å². The smallest absolute Gasteiger partial charge is 0.261 e. The minimum absolute atomic E-state index is 0.715.